The van der Waals surface area contributed by atoms with Gasteiger partial charge in [-0.3, -0.25) is 0 Å². The van der Waals surface area contributed by atoms with E-state index in [9.17, 15) is 0 Å². The Labute approximate surface area is 138 Å². The molecule has 3 aromatic rings. The maximum Gasteiger partial charge on any atom is 0.298 e. The fourth-order valence-corrected chi connectivity index (χ4v) is 2.87. The van der Waals surface area contributed by atoms with Crippen molar-refractivity contribution >= 4 is 23.1 Å². The fourth-order valence-electron chi connectivity index (χ4n) is 2.09. The Kier molecular flexibility index (Phi) is 4.41. The van der Waals surface area contributed by atoms with E-state index in [1.807, 2.05) is 50.2 Å². The summed E-state index contributed by atoms with van der Waals surface area (Å²) in [5, 5.41) is 1.28. The quantitative estimate of drug-likeness (QED) is 0.660. The minimum Gasteiger partial charge on any atom is -0.430 e. The Balaban J connectivity index is 1.75. The lowest BCUT2D eigenvalue weighted by Gasteiger charge is -2.05. The van der Waals surface area contributed by atoms with E-state index in [0.717, 1.165) is 33.3 Å². The number of aromatic nitrogens is 2. The average Bonchev–Trinajstić information content (AvgIpc) is 2.90. The molecule has 112 valence electrons. The Morgan fingerprint density at radius 2 is 2.00 bits per heavy atom. The van der Waals surface area contributed by atoms with Gasteiger partial charge in [-0.1, -0.05) is 35.9 Å². The standard InChI is InChI=1S/C17H15ClN2OS/c1-11-6-7-12(2)15(8-11)21-17-19-16(20-22-17)10-13-4-3-5-14(18)9-13/h3-9H,10H2,1-2H3. The van der Waals surface area contributed by atoms with Crippen LogP contribution >= 0.6 is 23.1 Å². The summed E-state index contributed by atoms with van der Waals surface area (Å²) < 4.78 is 10.2. The van der Waals surface area contributed by atoms with Crippen LogP contribution < -0.4 is 4.74 Å². The molecule has 0 amide bonds. The molecular weight excluding hydrogens is 316 g/mol. The molecule has 3 nitrogen and oxygen atoms in total. The van der Waals surface area contributed by atoms with Crippen LogP contribution in [0.5, 0.6) is 10.9 Å². The number of hydrogen-bond donors (Lipinski definition) is 0. The average molecular weight is 331 g/mol. The smallest absolute Gasteiger partial charge is 0.298 e. The van der Waals surface area contributed by atoms with Crippen molar-refractivity contribution in [3.63, 3.8) is 0 Å². The lowest BCUT2D eigenvalue weighted by molar-refractivity contribution is 0.473. The van der Waals surface area contributed by atoms with Crippen molar-refractivity contribution < 1.29 is 4.74 Å². The number of ether oxygens (including phenoxy) is 1. The predicted octanol–water partition coefficient (Wildman–Crippen LogP) is 5.19. The molecule has 0 fully saturated rings. The SMILES string of the molecule is Cc1ccc(C)c(Oc2nc(Cc3cccc(Cl)c3)ns2)c1. The van der Waals surface area contributed by atoms with Crippen molar-refractivity contribution in [3.05, 3.63) is 70.0 Å². The first kappa shape index (κ1) is 15.0. The van der Waals surface area contributed by atoms with Gasteiger partial charge in [0.15, 0.2) is 5.82 Å². The minimum absolute atomic E-state index is 0.561. The maximum absolute atomic E-state index is 5.99. The van der Waals surface area contributed by atoms with E-state index in [1.54, 1.807) is 0 Å². The summed E-state index contributed by atoms with van der Waals surface area (Å²) in [6, 6.07) is 13.8. The molecule has 0 saturated heterocycles. The Morgan fingerprint density at radius 1 is 1.14 bits per heavy atom. The van der Waals surface area contributed by atoms with Gasteiger partial charge in [0.25, 0.3) is 5.19 Å². The summed E-state index contributed by atoms with van der Waals surface area (Å²) in [5.74, 6) is 1.57. The van der Waals surface area contributed by atoms with Crippen molar-refractivity contribution in [2.75, 3.05) is 0 Å². The zero-order valence-corrected chi connectivity index (χ0v) is 13.9. The van der Waals surface area contributed by atoms with Crippen LogP contribution in [0.15, 0.2) is 42.5 Å². The Morgan fingerprint density at radius 3 is 2.82 bits per heavy atom. The largest absolute Gasteiger partial charge is 0.430 e. The van der Waals surface area contributed by atoms with E-state index < -0.39 is 0 Å². The van der Waals surface area contributed by atoms with Crippen molar-refractivity contribution in [2.45, 2.75) is 20.3 Å². The van der Waals surface area contributed by atoms with Crippen LogP contribution in [0.2, 0.25) is 5.02 Å². The molecule has 0 unspecified atom stereocenters. The van der Waals surface area contributed by atoms with E-state index in [-0.39, 0.29) is 0 Å². The highest BCUT2D eigenvalue weighted by molar-refractivity contribution is 7.07. The second kappa shape index (κ2) is 6.46. The van der Waals surface area contributed by atoms with Crippen molar-refractivity contribution in [1.82, 2.24) is 9.36 Å². The second-order valence-corrected chi connectivity index (χ2v) is 6.31. The predicted molar refractivity (Wildman–Crippen MR) is 90.2 cm³/mol. The van der Waals surface area contributed by atoms with E-state index in [1.165, 1.54) is 11.5 Å². The zero-order chi connectivity index (χ0) is 15.5. The molecule has 22 heavy (non-hydrogen) atoms. The molecule has 0 spiro atoms. The first-order chi connectivity index (χ1) is 10.6. The van der Waals surface area contributed by atoms with Gasteiger partial charge in [-0.05, 0) is 48.7 Å². The number of halogens is 1. The van der Waals surface area contributed by atoms with Gasteiger partial charge in [0.1, 0.15) is 5.75 Å². The van der Waals surface area contributed by atoms with Gasteiger partial charge in [-0.25, -0.2) is 0 Å². The van der Waals surface area contributed by atoms with E-state index in [0.29, 0.717) is 11.6 Å². The summed E-state index contributed by atoms with van der Waals surface area (Å²) in [7, 11) is 0. The number of benzene rings is 2. The van der Waals surface area contributed by atoms with E-state index >= 15 is 0 Å². The molecule has 5 heteroatoms. The van der Waals surface area contributed by atoms with Crippen molar-refractivity contribution in [1.29, 1.82) is 0 Å². The van der Waals surface area contributed by atoms with Gasteiger partial charge in [0.2, 0.25) is 0 Å². The van der Waals surface area contributed by atoms with Gasteiger partial charge in [-0.15, -0.1) is 0 Å². The van der Waals surface area contributed by atoms with Crippen LogP contribution in [0.25, 0.3) is 0 Å². The molecule has 0 aliphatic carbocycles. The van der Waals surface area contributed by atoms with Crippen LogP contribution in [-0.4, -0.2) is 9.36 Å². The molecule has 2 aromatic carbocycles. The number of hydrogen-bond acceptors (Lipinski definition) is 4. The molecular formula is C17H15ClN2OS. The highest BCUT2D eigenvalue weighted by Gasteiger charge is 2.09. The van der Waals surface area contributed by atoms with Crippen LogP contribution in [0.4, 0.5) is 0 Å². The molecule has 1 heterocycles. The van der Waals surface area contributed by atoms with Gasteiger partial charge in [0, 0.05) is 23.0 Å². The van der Waals surface area contributed by atoms with Crippen LogP contribution in [0, 0.1) is 13.8 Å². The lowest BCUT2D eigenvalue weighted by Crippen LogP contribution is -1.92. The first-order valence-electron chi connectivity index (χ1n) is 6.92. The van der Waals surface area contributed by atoms with Crippen LogP contribution in [0.1, 0.15) is 22.5 Å². The number of nitrogens with zero attached hydrogens (tertiary/aromatic N) is 2. The molecule has 0 aliphatic heterocycles. The third-order valence-electron chi connectivity index (χ3n) is 3.24. The zero-order valence-electron chi connectivity index (χ0n) is 12.3. The monoisotopic (exact) mass is 330 g/mol. The highest BCUT2D eigenvalue weighted by atomic mass is 35.5. The fraction of sp³-hybridized carbons (Fsp3) is 0.176. The molecule has 0 radical (unpaired) electrons. The molecule has 0 saturated carbocycles. The van der Waals surface area contributed by atoms with Crippen LogP contribution in [0.3, 0.4) is 0 Å². The van der Waals surface area contributed by atoms with Gasteiger partial charge < -0.3 is 4.74 Å². The van der Waals surface area contributed by atoms with Gasteiger partial charge in [0.05, 0.1) is 0 Å². The molecule has 0 atom stereocenters. The molecule has 1 aromatic heterocycles. The van der Waals surface area contributed by atoms with Gasteiger partial charge in [-0.2, -0.15) is 9.36 Å². The second-order valence-electron chi connectivity index (χ2n) is 5.15. The van der Waals surface area contributed by atoms with E-state index in [4.69, 9.17) is 16.3 Å². The molecule has 3 rings (SSSR count). The maximum atomic E-state index is 5.99. The Bertz CT molecular complexity index is 801. The third kappa shape index (κ3) is 3.64. The van der Waals surface area contributed by atoms with Crippen molar-refractivity contribution in [3.8, 4) is 10.9 Å². The summed E-state index contributed by atoms with van der Waals surface area (Å²) in [5.41, 5.74) is 3.32. The number of rotatable bonds is 4. The van der Waals surface area contributed by atoms with Crippen LogP contribution in [-0.2, 0) is 6.42 Å². The Hall–Kier alpha value is -1.91. The summed E-state index contributed by atoms with van der Waals surface area (Å²) in [6.07, 6.45) is 0.646. The minimum atomic E-state index is 0.561. The normalized spacial score (nSPS) is 10.7. The molecule has 0 bridgehead atoms. The van der Waals surface area contributed by atoms with Crippen molar-refractivity contribution in [2.24, 2.45) is 0 Å². The first-order valence-corrected chi connectivity index (χ1v) is 8.07. The molecule has 0 aliphatic rings. The topological polar surface area (TPSA) is 35.0 Å². The molecule has 0 N–H and O–H groups in total. The highest BCUT2D eigenvalue weighted by Crippen LogP contribution is 2.27. The number of aryl methyl sites for hydroxylation is 2. The summed E-state index contributed by atoms with van der Waals surface area (Å²) in [6.45, 7) is 4.06. The van der Waals surface area contributed by atoms with E-state index in [2.05, 4.69) is 15.4 Å². The lowest BCUT2D eigenvalue weighted by atomic mass is 10.1. The van der Waals surface area contributed by atoms with Gasteiger partial charge >= 0.3 is 0 Å². The third-order valence-corrected chi connectivity index (χ3v) is 4.11. The summed E-state index contributed by atoms with van der Waals surface area (Å²) >= 11 is 7.26. The summed E-state index contributed by atoms with van der Waals surface area (Å²) in [4.78, 5) is 4.44.